The van der Waals surface area contributed by atoms with Crippen LogP contribution in [-0.2, 0) is 16.4 Å². The molecule has 1 unspecified atom stereocenters. The molecule has 1 fully saturated rings. The topological polar surface area (TPSA) is 66.5 Å². The number of carbonyl (C=O) groups is 1. The Kier molecular flexibility index (Phi) is 3.53. The minimum absolute atomic E-state index is 0.0262. The van der Waals surface area contributed by atoms with Crippen molar-refractivity contribution in [2.24, 2.45) is 0 Å². The summed E-state index contributed by atoms with van der Waals surface area (Å²) in [6.07, 6.45) is 3.26. The summed E-state index contributed by atoms with van der Waals surface area (Å²) < 4.78 is 23.6. The number of nitrogens with one attached hydrogen (secondary N) is 1. The molecular weight excluding hydrogens is 288 g/mol. The van der Waals surface area contributed by atoms with Crippen molar-refractivity contribution in [3.63, 3.8) is 0 Å². The molecule has 6 heteroatoms. The Morgan fingerprint density at radius 1 is 1.33 bits per heavy atom. The number of sulfone groups is 1. The first-order chi connectivity index (χ1) is 9.89. The Hall–Kier alpha value is -1.40. The number of carbonyl (C=O) groups excluding carboxylic acids is 1. The van der Waals surface area contributed by atoms with E-state index in [1.54, 1.807) is 19.1 Å². The van der Waals surface area contributed by atoms with Crippen LogP contribution in [0.4, 0.5) is 0 Å². The Balaban J connectivity index is 1.98. The maximum Gasteiger partial charge on any atom is 0.255 e. The van der Waals surface area contributed by atoms with Gasteiger partial charge in [0.1, 0.15) is 0 Å². The summed E-state index contributed by atoms with van der Waals surface area (Å²) in [5.41, 5.74) is 2.12. The maximum absolute atomic E-state index is 12.7. The molecule has 114 valence electrons. The molecular formula is C15H20N2O3S. The fourth-order valence-corrected chi connectivity index (χ4v) is 4.35. The first-order valence-electron chi connectivity index (χ1n) is 7.24. The summed E-state index contributed by atoms with van der Waals surface area (Å²) in [7, 11) is -3.30. The van der Waals surface area contributed by atoms with Crippen LogP contribution in [0.1, 0.15) is 34.3 Å². The van der Waals surface area contributed by atoms with E-state index < -0.39 is 9.84 Å². The van der Waals surface area contributed by atoms with E-state index in [9.17, 15) is 13.2 Å². The molecule has 0 aromatic heterocycles. The lowest BCUT2D eigenvalue weighted by Gasteiger charge is -2.31. The normalized spacial score (nSPS) is 22.5. The zero-order valence-electron chi connectivity index (χ0n) is 12.3. The third-order valence-corrected chi connectivity index (χ3v) is 5.67. The van der Waals surface area contributed by atoms with E-state index in [1.165, 1.54) is 6.26 Å². The number of amides is 1. The highest BCUT2D eigenvalue weighted by molar-refractivity contribution is 7.90. The molecule has 2 aliphatic heterocycles. The SMILES string of the molecule is Cc1c(S(C)(=O)=O)ccc2c1C(=O)N(C1CCCNC1)C2. The molecule has 0 radical (unpaired) electrons. The zero-order valence-corrected chi connectivity index (χ0v) is 13.2. The van der Waals surface area contributed by atoms with E-state index in [2.05, 4.69) is 5.32 Å². The van der Waals surface area contributed by atoms with Crippen LogP contribution in [0.3, 0.4) is 0 Å². The number of benzene rings is 1. The lowest BCUT2D eigenvalue weighted by Crippen LogP contribution is -2.46. The number of hydrogen-bond donors (Lipinski definition) is 1. The van der Waals surface area contributed by atoms with E-state index >= 15 is 0 Å². The standard InChI is InChI=1S/C15H20N2O3S/c1-10-13(21(2,19)20)6-5-11-9-17(15(18)14(10)11)12-4-3-7-16-8-12/h5-6,12,16H,3-4,7-9H2,1-2H3. The van der Waals surface area contributed by atoms with Crippen molar-refractivity contribution in [2.45, 2.75) is 37.2 Å². The van der Waals surface area contributed by atoms with Gasteiger partial charge in [-0.15, -0.1) is 0 Å². The minimum Gasteiger partial charge on any atom is -0.330 e. The summed E-state index contributed by atoms with van der Waals surface area (Å²) >= 11 is 0. The molecule has 21 heavy (non-hydrogen) atoms. The third kappa shape index (κ3) is 2.46. The first-order valence-corrected chi connectivity index (χ1v) is 9.13. The van der Waals surface area contributed by atoms with Gasteiger partial charge in [0.05, 0.1) is 4.90 Å². The van der Waals surface area contributed by atoms with Crippen LogP contribution in [0, 0.1) is 6.92 Å². The molecule has 0 spiro atoms. The van der Waals surface area contributed by atoms with E-state index in [0.29, 0.717) is 17.7 Å². The van der Waals surface area contributed by atoms with Gasteiger partial charge in [0, 0.05) is 31.0 Å². The van der Waals surface area contributed by atoms with Crippen LogP contribution < -0.4 is 5.32 Å². The molecule has 1 aromatic rings. The highest BCUT2D eigenvalue weighted by Gasteiger charge is 2.35. The average Bonchev–Trinajstić information content (AvgIpc) is 2.77. The Labute approximate surface area is 125 Å². The first kappa shape index (κ1) is 14.5. The summed E-state index contributed by atoms with van der Waals surface area (Å²) in [5, 5.41) is 3.32. The molecule has 2 heterocycles. The molecule has 2 aliphatic rings. The molecule has 5 nitrogen and oxygen atoms in total. The van der Waals surface area contributed by atoms with Crippen LogP contribution in [0.5, 0.6) is 0 Å². The van der Waals surface area contributed by atoms with Crippen LogP contribution in [0.2, 0.25) is 0 Å². The Bertz CT molecular complexity index is 691. The van der Waals surface area contributed by atoms with Gasteiger partial charge in [0.25, 0.3) is 5.91 Å². The summed E-state index contributed by atoms with van der Waals surface area (Å²) in [4.78, 5) is 14.8. The van der Waals surface area contributed by atoms with E-state index in [1.807, 2.05) is 4.90 Å². The van der Waals surface area contributed by atoms with Crippen LogP contribution >= 0.6 is 0 Å². The van der Waals surface area contributed by atoms with Gasteiger partial charge < -0.3 is 10.2 Å². The highest BCUT2D eigenvalue weighted by Crippen LogP contribution is 2.32. The fourth-order valence-electron chi connectivity index (χ4n) is 3.37. The van der Waals surface area contributed by atoms with Gasteiger partial charge in [-0.1, -0.05) is 6.07 Å². The molecule has 3 rings (SSSR count). The predicted molar refractivity (Wildman–Crippen MR) is 80.1 cm³/mol. The minimum atomic E-state index is -3.30. The van der Waals surface area contributed by atoms with Gasteiger partial charge in [0.2, 0.25) is 0 Å². The van der Waals surface area contributed by atoms with Crippen molar-refractivity contribution < 1.29 is 13.2 Å². The largest absolute Gasteiger partial charge is 0.330 e. The molecule has 1 aromatic carbocycles. The smallest absolute Gasteiger partial charge is 0.255 e. The van der Waals surface area contributed by atoms with E-state index in [4.69, 9.17) is 0 Å². The lowest BCUT2D eigenvalue weighted by atomic mass is 10.0. The molecule has 0 aliphatic carbocycles. The Morgan fingerprint density at radius 3 is 2.71 bits per heavy atom. The quantitative estimate of drug-likeness (QED) is 0.889. The van der Waals surface area contributed by atoms with E-state index in [0.717, 1.165) is 31.5 Å². The molecule has 0 saturated carbocycles. The van der Waals surface area contributed by atoms with Crippen LogP contribution in [0.25, 0.3) is 0 Å². The second-order valence-corrected chi connectivity index (χ2v) is 7.91. The van der Waals surface area contributed by atoms with Crippen molar-refractivity contribution in [3.05, 3.63) is 28.8 Å². The van der Waals surface area contributed by atoms with Gasteiger partial charge in [-0.3, -0.25) is 4.79 Å². The highest BCUT2D eigenvalue weighted by atomic mass is 32.2. The van der Waals surface area contributed by atoms with Crippen molar-refractivity contribution in [3.8, 4) is 0 Å². The molecule has 1 amide bonds. The number of rotatable bonds is 2. The van der Waals surface area contributed by atoms with Gasteiger partial charge in [-0.05, 0) is 43.5 Å². The number of piperidine rings is 1. The monoisotopic (exact) mass is 308 g/mol. The zero-order chi connectivity index (χ0) is 15.2. The van der Waals surface area contributed by atoms with Crippen molar-refractivity contribution in [1.29, 1.82) is 0 Å². The second kappa shape index (κ2) is 5.10. The van der Waals surface area contributed by atoms with Gasteiger partial charge in [0.15, 0.2) is 9.84 Å². The predicted octanol–water partition coefficient (Wildman–Crippen LogP) is 1.11. The van der Waals surface area contributed by atoms with Gasteiger partial charge in [-0.25, -0.2) is 8.42 Å². The van der Waals surface area contributed by atoms with Gasteiger partial charge >= 0.3 is 0 Å². The van der Waals surface area contributed by atoms with Crippen molar-refractivity contribution in [2.75, 3.05) is 19.3 Å². The number of nitrogens with zero attached hydrogens (tertiary/aromatic N) is 1. The number of hydrogen-bond acceptors (Lipinski definition) is 4. The summed E-state index contributed by atoms with van der Waals surface area (Å²) in [6, 6.07) is 3.62. The number of fused-ring (bicyclic) bond motifs is 1. The van der Waals surface area contributed by atoms with Crippen LogP contribution in [0.15, 0.2) is 17.0 Å². The third-order valence-electron chi connectivity index (χ3n) is 4.43. The van der Waals surface area contributed by atoms with E-state index in [-0.39, 0.29) is 16.8 Å². The average molecular weight is 308 g/mol. The Morgan fingerprint density at radius 2 is 2.10 bits per heavy atom. The summed E-state index contributed by atoms with van der Waals surface area (Å²) in [6.45, 7) is 4.14. The molecule has 0 bridgehead atoms. The molecule has 1 N–H and O–H groups in total. The fraction of sp³-hybridized carbons (Fsp3) is 0.533. The summed E-state index contributed by atoms with van der Waals surface area (Å²) in [5.74, 6) is -0.0262. The molecule has 1 saturated heterocycles. The van der Waals surface area contributed by atoms with Crippen molar-refractivity contribution in [1.82, 2.24) is 10.2 Å². The maximum atomic E-state index is 12.7. The van der Waals surface area contributed by atoms with Gasteiger partial charge in [-0.2, -0.15) is 0 Å². The van der Waals surface area contributed by atoms with Crippen molar-refractivity contribution >= 4 is 15.7 Å². The molecule has 1 atom stereocenters. The van der Waals surface area contributed by atoms with Crippen LogP contribution in [-0.4, -0.2) is 44.6 Å². The second-order valence-electron chi connectivity index (χ2n) is 5.93. The lowest BCUT2D eigenvalue weighted by molar-refractivity contribution is 0.0674.